The molecule has 4 rings (SSSR count). The molecule has 2 amide bonds. The van der Waals surface area contributed by atoms with E-state index in [-0.39, 0.29) is 23.7 Å². The van der Waals surface area contributed by atoms with E-state index in [9.17, 15) is 14.4 Å². The number of aromatic amines is 1. The normalized spacial score (nSPS) is 19.2. The van der Waals surface area contributed by atoms with E-state index in [1.54, 1.807) is 18.2 Å². The molecule has 1 saturated heterocycles. The summed E-state index contributed by atoms with van der Waals surface area (Å²) in [5, 5.41) is 5.94. The number of nitrogens with one attached hydrogen (secondary N) is 3. The van der Waals surface area contributed by atoms with Gasteiger partial charge in [-0.1, -0.05) is 24.6 Å². The molecule has 30 heavy (non-hydrogen) atoms. The quantitative estimate of drug-likeness (QED) is 0.695. The molecule has 0 saturated carbocycles. The highest BCUT2D eigenvalue weighted by Gasteiger charge is 2.35. The Morgan fingerprint density at radius 3 is 2.70 bits per heavy atom. The fraction of sp³-hybridized carbons (Fsp3) is 0.429. The van der Waals surface area contributed by atoms with Crippen LogP contribution in [0, 0.1) is 12.8 Å². The standard InChI is InChI=1S/C21H24ClN5O3/c1-11-5-7-27(8-6-11)21-25-18-17(20(30)26-21)14(10-16(28)24-18)19(29)23-13-4-3-12(2)15(22)9-13/h3-4,9,11,14H,5-8,10H2,1-2H3,(H,23,29)(H2,24,25,26,28,30)/t14-/m0/s1. The van der Waals surface area contributed by atoms with Gasteiger partial charge >= 0.3 is 0 Å². The second-order valence-electron chi connectivity index (χ2n) is 8.08. The van der Waals surface area contributed by atoms with Crippen LogP contribution in [0.4, 0.5) is 17.5 Å². The Kier molecular flexibility index (Phi) is 5.51. The Bertz CT molecular complexity index is 1060. The monoisotopic (exact) mass is 429 g/mol. The van der Waals surface area contributed by atoms with E-state index >= 15 is 0 Å². The van der Waals surface area contributed by atoms with Gasteiger partial charge in [-0.15, -0.1) is 0 Å². The number of fused-ring (bicyclic) bond motifs is 1. The first-order valence-electron chi connectivity index (χ1n) is 10.1. The number of amides is 2. The highest BCUT2D eigenvalue weighted by atomic mass is 35.5. The molecule has 1 fully saturated rings. The molecule has 3 N–H and O–H groups in total. The molecule has 3 heterocycles. The van der Waals surface area contributed by atoms with Gasteiger partial charge in [0.2, 0.25) is 17.8 Å². The zero-order valence-corrected chi connectivity index (χ0v) is 17.7. The number of nitrogens with zero attached hydrogens (tertiary/aromatic N) is 2. The molecule has 0 spiro atoms. The molecule has 0 aliphatic carbocycles. The van der Waals surface area contributed by atoms with Gasteiger partial charge in [-0.25, -0.2) is 0 Å². The number of carbonyl (C=O) groups is 2. The lowest BCUT2D eigenvalue weighted by molar-refractivity contribution is -0.123. The third kappa shape index (κ3) is 4.05. The first-order chi connectivity index (χ1) is 14.3. The SMILES string of the molecule is Cc1ccc(NC(=O)[C@H]2CC(=O)Nc3nc(N4CCC(C)CC4)[nH]c(=O)c32)cc1Cl. The van der Waals surface area contributed by atoms with Crippen molar-refractivity contribution in [1.29, 1.82) is 0 Å². The molecule has 0 bridgehead atoms. The van der Waals surface area contributed by atoms with Gasteiger partial charge in [0.05, 0.1) is 11.5 Å². The summed E-state index contributed by atoms with van der Waals surface area (Å²) < 4.78 is 0. The van der Waals surface area contributed by atoms with E-state index in [1.807, 2.05) is 11.8 Å². The summed E-state index contributed by atoms with van der Waals surface area (Å²) in [5.41, 5.74) is 1.17. The fourth-order valence-corrected chi connectivity index (χ4v) is 4.03. The van der Waals surface area contributed by atoms with Gasteiger partial charge in [0.25, 0.3) is 5.56 Å². The number of H-pyrrole nitrogens is 1. The van der Waals surface area contributed by atoms with Crippen LogP contribution >= 0.6 is 11.6 Å². The topological polar surface area (TPSA) is 107 Å². The first kappa shape index (κ1) is 20.4. The number of carbonyl (C=O) groups excluding carboxylic acids is 2. The average molecular weight is 430 g/mol. The van der Waals surface area contributed by atoms with Crippen LogP contribution in [0.2, 0.25) is 5.02 Å². The van der Waals surface area contributed by atoms with Gasteiger partial charge in [-0.3, -0.25) is 19.4 Å². The van der Waals surface area contributed by atoms with Gasteiger partial charge in [0, 0.05) is 30.2 Å². The van der Waals surface area contributed by atoms with Crippen LogP contribution in [0.5, 0.6) is 0 Å². The molecule has 0 unspecified atom stereocenters. The molecule has 1 aromatic heterocycles. The minimum Gasteiger partial charge on any atom is -0.342 e. The third-order valence-electron chi connectivity index (χ3n) is 5.78. The van der Waals surface area contributed by atoms with Crippen molar-refractivity contribution in [3.63, 3.8) is 0 Å². The molecule has 0 radical (unpaired) electrons. The Morgan fingerprint density at radius 1 is 1.27 bits per heavy atom. The summed E-state index contributed by atoms with van der Waals surface area (Å²) in [7, 11) is 0. The summed E-state index contributed by atoms with van der Waals surface area (Å²) in [5.74, 6) is -0.504. The Labute approximate surface area is 179 Å². The lowest BCUT2D eigenvalue weighted by Gasteiger charge is -2.31. The molecule has 2 aromatic rings. The maximum absolute atomic E-state index is 12.9. The lowest BCUT2D eigenvalue weighted by atomic mass is 9.92. The van der Waals surface area contributed by atoms with Crippen molar-refractivity contribution in [2.75, 3.05) is 28.6 Å². The van der Waals surface area contributed by atoms with Crippen LogP contribution in [-0.4, -0.2) is 34.9 Å². The molecule has 2 aliphatic rings. The minimum absolute atomic E-state index is 0.121. The molecular weight excluding hydrogens is 406 g/mol. The van der Waals surface area contributed by atoms with Crippen LogP contribution in [0.25, 0.3) is 0 Å². The van der Waals surface area contributed by atoms with Gasteiger partial charge in [-0.05, 0) is 43.4 Å². The number of rotatable bonds is 3. The second-order valence-corrected chi connectivity index (χ2v) is 8.49. The van der Waals surface area contributed by atoms with Crippen LogP contribution in [-0.2, 0) is 9.59 Å². The van der Waals surface area contributed by atoms with E-state index in [1.165, 1.54) is 0 Å². The van der Waals surface area contributed by atoms with Crippen molar-refractivity contribution in [2.45, 2.75) is 39.0 Å². The maximum Gasteiger partial charge on any atom is 0.258 e. The molecule has 158 valence electrons. The minimum atomic E-state index is -0.930. The van der Waals surface area contributed by atoms with Crippen LogP contribution in [0.15, 0.2) is 23.0 Å². The molecular formula is C21H24ClN5O3. The predicted octanol–water partition coefficient (Wildman–Crippen LogP) is 3.03. The molecule has 2 aliphatic heterocycles. The zero-order valence-electron chi connectivity index (χ0n) is 16.9. The van der Waals surface area contributed by atoms with E-state index in [0.717, 1.165) is 31.5 Å². The second kappa shape index (κ2) is 8.10. The van der Waals surface area contributed by atoms with Crippen molar-refractivity contribution in [3.8, 4) is 0 Å². The van der Waals surface area contributed by atoms with Crippen molar-refractivity contribution >= 4 is 40.9 Å². The summed E-state index contributed by atoms with van der Waals surface area (Å²) in [6.07, 6.45) is 1.90. The van der Waals surface area contributed by atoms with E-state index < -0.39 is 17.4 Å². The molecule has 1 aromatic carbocycles. The first-order valence-corrected chi connectivity index (χ1v) is 10.5. The van der Waals surface area contributed by atoms with E-state index in [0.29, 0.717) is 22.6 Å². The van der Waals surface area contributed by atoms with Crippen LogP contribution < -0.4 is 21.1 Å². The number of benzene rings is 1. The number of hydrogen-bond donors (Lipinski definition) is 3. The number of piperidine rings is 1. The van der Waals surface area contributed by atoms with Gasteiger partial charge < -0.3 is 15.5 Å². The van der Waals surface area contributed by atoms with Gasteiger partial charge in [0.1, 0.15) is 5.82 Å². The third-order valence-corrected chi connectivity index (χ3v) is 6.18. The van der Waals surface area contributed by atoms with Gasteiger partial charge in [-0.2, -0.15) is 4.98 Å². The Morgan fingerprint density at radius 2 is 2.00 bits per heavy atom. The Hall–Kier alpha value is -2.87. The molecule has 1 atom stereocenters. The van der Waals surface area contributed by atoms with Crippen LogP contribution in [0.1, 0.15) is 43.2 Å². The summed E-state index contributed by atoms with van der Waals surface area (Å²) in [6, 6.07) is 5.16. The number of aromatic nitrogens is 2. The predicted molar refractivity (Wildman–Crippen MR) is 116 cm³/mol. The number of halogens is 1. The van der Waals surface area contributed by atoms with Crippen molar-refractivity contribution in [2.24, 2.45) is 5.92 Å². The number of hydrogen-bond acceptors (Lipinski definition) is 5. The van der Waals surface area contributed by atoms with Crippen molar-refractivity contribution in [3.05, 3.63) is 44.7 Å². The Balaban J connectivity index is 1.62. The molecule has 8 nitrogen and oxygen atoms in total. The summed E-state index contributed by atoms with van der Waals surface area (Å²) >= 11 is 6.13. The average Bonchev–Trinajstić information content (AvgIpc) is 2.70. The highest BCUT2D eigenvalue weighted by molar-refractivity contribution is 6.31. The smallest absolute Gasteiger partial charge is 0.258 e. The maximum atomic E-state index is 12.9. The highest BCUT2D eigenvalue weighted by Crippen LogP contribution is 2.31. The largest absolute Gasteiger partial charge is 0.342 e. The van der Waals surface area contributed by atoms with Gasteiger partial charge in [0.15, 0.2) is 0 Å². The summed E-state index contributed by atoms with van der Waals surface area (Å²) in [4.78, 5) is 47.4. The van der Waals surface area contributed by atoms with Crippen molar-refractivity contribution in [1.82, 2.24) is 9.97 Å². The zero-order chi connectivity index (χ0) is 21.4. The lowest BCUT2D eigenvalue weighted by Crippen LogP contribution is -2.39. The van der Waals surface area contributed by atoms with Crippen molar-refractivity contribution < 1.29 is 9.59 Å². The summed E-state index contributed by atoms with van der Waals surface area (Å²) in [6.45, 7) is 5.64. The molecule has 9 heteroatoms. The number of anilines is 3. The van der Waals surface area contributed by atoms with E-state index in [4.69, 9.17) is 11.6 Å². The van der Waals surface area contributed by atoms with Crippen LogP contribution in [0.3, 0.4) is 0 Å². The van der Waals surface area contributed by atoms with E-state index in [2.05, 4.69) is 27.5 Å². The number of aryl methyl sites for hydroxylation is 1. The fourth-order valence-electron chi connectivity index (χ4n) is 3.85.